The van der Waals surface area contributed by atoms with Crippen LogP contribution in [0, 0.1) is 34.5 Å². The molecule has 3 N–H and O–H groups in total. The third-order valence-electron chi connectivity index (χ3n) is 11.8. The molecule has 0 aromatic rings. The van der Waals surface area contributed by atoms with Crippen molar-refractivity contribution >= 4 is 23.5 Å². The highest BCUT2D eigenvalue weighted by Crippen LogP contribution is 2.73. The number of aliphatic hydroxyl groups is 3. The van der Waals surface area contributed by atoms with Crippen LogP contribution >= 0.6 is 0 Å². The molecule has 12 atom stereocenters. The summed E-state index contributed by atoms with van der Waals surface area (Å²) in [6.45, 7) is 6.53. The fourth-order valence-electron chi connectivity index (χ4n) is 9.51. The number of aliphatic hydroxyl groups excluding tert-OH is 1. The van der Waals surface area contributed by atoms with Crippen molar-refractivity contribution in [2.24, 2.45) is 34.5 Å². The summed E-state index contributed by atoms with van der Waals surface area (Å²) in [5.74, 6) is -9.59. The summed E-state index contributed by atoms with van der Waals surface area (Å²) in [5.41, 5.74) is -7.93. The van der Waals surface area contributed by atoms with E-state index in [-0.39, 0.29) is 25.0 Å². The maximum Gasteiger partial charge on any atom is 0.342 e. The maximum absolute atomic E-state index is 14.6. The maximum atomic E-state index is 14.6. The molecular formula is C28H32O10. The van der Waals surface area contributed by atoms with E-state index in [0.717, 1.165) is 0 Å². The number of esters is 2. The number of ketones is 2. The van der Waals surface area contributed by atoms with Gasteiger partial charge in [-0.3, -0.25) is 14.4 Å². The molecule has 0 amide bonds. The first-order valence-electron chi connectivity index (χ1n) is 13.4. The molecule has 0 aromatic heterocycles. The Morgan fingerprint density at radius 1 is 1.08 bits per heavy atom. The van der Waals surface area contributed by atoms with Crippen LogP contribution in [-0.2, 0) is 33.4 Å². The van der Waals surface area contributed by atoms with E-state index in [4.69, 9.17) is 14.2 Å². The highest BCUT2D eigenvalue weighted by atomic mass is 16.7. The number of carbonyl (C=O) groups excluding carboxylic acids is 4. The molecule has 4 bridgehead atoms. The fourth-order valence-corrected chi connectivity index (χ4v) is 9.51. The summed E-state index contributed by atoms with van der Waals surface area (Å²) >= 11 is 0. The quantitative estimate of drug-likeness (QED) is 0.299. The zero-order valence-corrected chi connectivity index (χ0v) is 21.7. The van der Waals surface area contributed by atoms with Crippen molar-refractivity contribution in [1.82, 2.24) is 0 Å². The first-order chi connectivity index (χ1) is 17.6. The lowest BCUT2D eigenvalue weighted by atomic mass is 9.46. The summed E-state index contributed by atoms with van der Waals surface area (Å²) in [5, 5.41) is 36.1. The third kappa shape index (κ3) is 2.19. The molecule has 3 aliphatic carbocycles. The van der Waals surface area contributed by atoms with Gasteiger partial charge in [0.15, 0.2) is 28.4 Å². The van der Waals surface area contributed by atoms with E-state index in [1.807, 2.05) is 0 Å². The summed E-state index contributed by atoms with van der Waals surface area (Å²) in [6.07, 6.45) is 2.66. The monoisotopic (exact) mass is 528 g/mol. The molecule has 1 saturated carbocycles. The Hall–Kier alpha value is -2.40. The molecule has 4 heterocycles. The van der Waals surface area contributed by atoms with Crippen LogP contribution in [-0.4, -0.2) is 73.6 Å². The fraction of sp³-hybridized carbons (Fsp3) is 0.714. The lowest BCUT2D eigenvalue weighted by Crippen LogP contribution is -2.78. The van der Waals surface area contributed by atoms with E-state index in [9.17, 15) is 34.5 Å². The Bertz CT molecular complexity index is 1300. The van der Waals surface area contributed by atoms with Gasteiger partial charge in [0.2, 0.25) is 5.79 Å². The first-order valence-corrected chi connectivity index (χ1v) is 13.4. The molecule has 0 unspecified atom stereocenters. The number of allylic oxidation sites excluding steroid dienone is 3. The Labute approximate surface area is 219 Å². The molecule has 4 aliphatic heterocycles. The number of fused-ring (bicyclic) bond motifs is 9. The number of hydrogen-bond donors (Lipinski definition) is 3. The van der Waals surface area contributed by atoms with Crippen LogP contribution in [0.15, 0.2) is 23.8 Å². The molecule has 4 saturated heterocycles. The van der Waals surface area contributed by atoms with Crippen LogP contribution in [0.1, 0.15) is 53.4 Å². The molecule has 10 nitrogen and oxygen atoms in total. The van der Waals surface area contributed by atoms with Gasteiger partial charge < -0.3 is 29.5 Å². The van der Waals surface area contributed by atoms with E-state index in [1.54, 1.807) is 26.8 Å². The average molecular weight is 529 g/mol. The zero-order chi connectivity index (χ0) is 27.4. The van der Waals surface area contributed by atoms with Gasteiger partial charge in [0.25, 0.3) is 0 Å². The number of carbonyl (C=O) groups is 4. The van der Waals surface area contributed by atoms with Gasteiger partial charge in [0, 0.05) is 0 Å². The number of ether oxygens (including phenoxy) is 3. The van der Waals surface area contributed by atoms with Gasteiger partial charge in [0.1, 0.15) is 6.10 Å². The minimum Gasteiger partial charge on any atom is -0.458 e. The minimum atomic E-state index is -2.67. The highest BCUT2D eigenvalue weighted by molar-refractivity contribution is 6.01. The second-order valence-corrected chi connectivity index (χ2v) is 13.1. The standard InChI is InChI=1S/C28H32O10/c1-12-21(32)36-17-11-23(12,2)19-20(31)27(35)18-14(24(3)13(10-15(18)29)6-5-7-16(24)30)8-9-26(34)22(33)37-25(17,4)28(19,26)38-27/h5,7,10,12,14-15,17-19,29,34-35H,6,8-9,11H2,1-4H3/t12-,14+,15-,17-,18+,19+,23-,24+,25+,26-,27-,28+/m1/s1. The highest BCUT2D eigenvalue weighted by Gasteiger charge is 2.92. The Kier molecular flexibility index (Phi) is 4.31. The van der Waals surface area contributed by atoms with Gasteiger partial charge in [-0.25, -0.2) is 4.79 Å². The normalized spacial score (nSPS) is 58.1. The van der Waals surface area contributed by atoms with Gasteiger partial charge in [-0.2, -0.15) is 0 Å². The summed E-state index contributed by atoms with van der Waals surface area (Å²) < 4.78 is 18.0. The Morgan fingerprint density at radius 3 is 2.50 bits per heavy atom. The van der Waals surface area contributed by atoms with Crippen LogP contribution in [0.25, 0.3) is 0 Å². The van der Waals surface area contributed by atoms with Crippen LogP contribution in [0.4, 0.5) is 0 Å². The molecular weight excluding hydrogens is 496 g/mol. The van der Waals surface area contributed by atoms with Crippen LogP contribution in [0.5, 0.6) is 0 Å². The van der Waals surface area contributed by atoms with Gasteiger partial charge in [-0.1, -0.05) is 31.6 Å². The summed E-state index contributed by atoms with van der Waals surface area (Å²) in [7, 11) is 0. The molecule has 5 fully saturated rings. The number of hydrogen-bond acceptors (Lipinski definition) is 10. The molecule has 0 radical (unpaired) electrons. The lowest BCUT2D eigenvalue weighted by Gasteiger charge is -2.61. The summed E-state index contributed by atoms with van der Waals surface area (Å²) in [6, 6.07) is 0. The van der Waals surface area contributed by atoms with Crippen LogP contribution < -0.4 is 0 Å². The second kappa shape index (κ2) is 6.66. The van der Waals surface area contributed by atoms with E-state index in [2.05, 4.69) is 0 Å². The van der Waals surface area contributed by atoms with E-state index >= 15 is 0 Å². The number of Topliss-reactive ketones (excluding diaryl/α,β-unsaturated/α-hetero) is 1. The number of rotatable bonds is 0. The van der Waals surface area contributed by atoms with Crippen molar-refractivity contribution < 1.29 is 48.7 Å². The van der Waals surface area contributed by atoms with Crippen molar-refractivity contribution in [2.75, 3.05) is 0 Å². The van der Waals surface area contributed by atoms with Gasteiger partial charge >= 0.3 is 11.9 Å². The predicted molar refractivity (Wildman–Crippen MR) is 126 cm³/mol. The van der Waals surface area contributed by atoms with E-state index in [0.29, 0.717) is 12.0 Å². The van der Waals surface area contributed by atoms with Crippen LogP contribution in [0.2, 0.25) is 0 Å². The average Bonchev–Trinajstić information content (AvgIpc) is 3.19. The van der Waals surface area contributed by atoms with Crippen molar-refractivity contribution in [3.8, 4) is 0 Å². The molecule has 7 rings (SSSR count). The molecule has 7 aliphatic rings. The lowest BCUT2D eigenvalue weighted by molar-refractivity contribution is -0.350. The SMILES string of the molecule is C[C@@H]1C(=O)O[C@@H]2C[C@@]1(C)[C@@H]1C(=O)[C@]3(O)O[C@@]14[C@@](O)(CC[C@H]1[C@H]3[C@H](O)C=C3CC=CC(=O)[C@@]31C)C(=O)O[C@@]24C. The van der Waals surface area contributed by atoms with Crippen molar-refractivity contribution in [3.05, 3.63) is 23.8 Å². The smallest absolute Gasteiger partial charge is 0.342 e. The molecule has 1 spiro atoms. The first kappa shape index (κ1) is 24.6. The summed E-state index contributed by atoms with van der Waals surface area (Å²) in [4.78, 5) is 54.6. The van der Waals surface area contributed by atoms with Gasteiger partial charge in [-0.05, 0) is 56.9 Å². The molecule has 204 valence electrons. The molecule has 10 heteroatoms. The van der Waals surface area contributed by atoms with Gasteiger partial charge in [-0.15, -0.1) is 0 Å². The zero-order valence-electron chi connectivity index (χ0n) is 21.7. The van der Waals surface area contributed by atoms with Gasteiger partial charge in [0.05, 0.1) is 29.3 Å². The molecule has 38 heavy (non-hydrogen) atoms. The second-order valence-electron chi connectivity index (χ2n) is 13.1. The minimum absolute atomic E-state index is 0.0287. The van der Waals surface area contributed by atoms with E-state index in [1.165, 1.54) is 19.1 Å². The molecule has 0 aromatic carbocycles. The third-order valence-corrected chi connectivity index (χ3v) is 11.8. The Balaban J connectivity index is 1.52. The van der Waals surface area contributed by atoms with Crippen LogP contribution in [0.3, 0.4) is 0 Å². The Morgan fingerprint density at radius 2 is 1.79 bits per heavy atom. The largest absolute Gasteiger partial charge is 0.458 e. The van der Waals surface area contributed by atoms with Crippen molar-refractivity contribution in [3.63, 3.8) is 0 Å². The topological polar surface area (TPSA) is 157 Å². The predicted octanol–water partition coefficient (Wildman–Crippen LogP) is 0.510. The van der Waals surface area contributed by atoms with Crippen molar-refractivity contribution in [1.29, 1.82) is 0 Å². The van der Waals surface area contributed by atoms with E-state index < -0.39 is 87.0 Å². The van der Waals surface area contributed by atoms with Crippen molar-refractivity contribution in [2.45, 2.75) is 88.2 Å².